The Kier molecular flexibility index (Phi) is 4.18. The van der Waals surface area contributed by atoms with Crippen LogP contribution in [-0.2, 0) is 9.53 Å². The summed E-state index contributed by atoms with van der Waals surface area (Å²) >= 11 is 0. The van der Waals surface area contributed by atoms with Gasteiger partial charge >= 0.3 is 0 Å². The molecule has 1 unspecified atom stereocenters. The summed E-state index contributed by atoms with van der Waals surface area (Å²) in [6, 6.07) is 0. The van der Waals surface area contributed by atoms with Gasteiger partial charge in [0, 0.05) is 18.9 Å². The Hall–Kier alpha value is -0.370. The van der Waals surface area contributed by atoms with Crippen molar-refractivity contribution in [2.45, 2.75) is 63.9 Å². The minimum absolute atomic E-state index is 0.327. The van der Waals surface area contributed by atoms with E-state index in [1.54, 1.807) is 0 Å². The first kappa shape index (κ1) is 11.1. The van der Waals surface area contributed by atoms with E-state index in [9.17, 15) is 4.79 Å². The number of hydrogen-bond acceptors (Lipinski definition) is 2. The third-order valence-electron chi connectivity index (χ3n) is 3.80. The van der Waals surface area contributed by atoms with Crippen molar-refractivity contribution in [2.24, 2.45) is 5.92 Å². The molecule has 0 aromatic rings. The quantitative estimate of drug-likeness (QED) is 0.712. The van der Waals surface area contributed by atoms with Crippen molar-refractivity contribution in [3.05, 3.63) is 0 Å². The van der Waals surface area contributed by atoms with Crippen LogP contribution in [-0.4, -0.2) is 18.5 Å². The molecule has 0 heterocycles. The van der Waals surface area contributed by atoms with Crippen molar-refractivity contribution >= 4 is 5.78 Å². The normalized spacial score (nSPS) is 28.5. The Labute approximate surface area is 92.4 Å². The molecule has 0 radical (unpaired) electrons. The molecule has 0 aliphatic heterocycles. The molecule has 0 saturated heterocycles. The summed E-state index contributed by atoms with van der Waals surface area (Å²) < 4.78 is 5.84. The van der Waals surface area contributed by atoms with Crippen molar-refractivity contribution in [1.82, 2.24) is 0 Å². The fraction of sp³-hybridized carbons (Fsp3) is 0.923. The molecule has 86 valence electrons. The minimum Gasteiger partial charge on any atom is -0.378 e. The topological polar surface area (TPSA) is 26.3 Å². The lowest BCUT2D eigenvalue weighted by Crippen LogP contribution is -2.19. The highest BCUT2D eigenvalue weighted by Gasteiger charge is 2.24. The SMILES string of the molecule is O=C1CCCC1CCOC1CCCCC1. The molecule has 0 bridgehead atoms. The molecule has 0 amide bonds. The van der Waals surface area contributed by atoms with Crippen LogP contribution in [0.2, 0.25) is 0 Å². The largest absolute Gasteiger partial charge is 0.378 e. The van der Waals surface area contributed by atoms with Crippen molar-refractivity contribution < 1.29 is 9.53 Å². The second kappa shape index (κ2) is 5.64. The first-order valence-corrected chi connectivity index (χ1v) is 6.50. The Morgan fingerprint density at radius 3 is 2.53 bits per heavy atom. The van der Waals surface area contributed by atoms with Crippen molar-refractivity contribution in [3.8, 4) is 0 Å². The van der Waals surface area contributed by atoms with Crippen LogP contribution in [0.15, 0.2) is 0 Å². The highest BCUT2D eigenvalue weighted by Crippen LogP contribution is 2.25. The third-order valence-corrected chi connectivity index (χ3v) is 3.80. The summed E-state index contributed by atoms with van der Waals surface area (Å²) in [6.07, 6.45) is 11.0. The number of ketones is 1. The number of carbonyl (C=O) groups is 1. The van der Waals surface area contributed by atoms with Crippen molar-refractivity contribution in [1.29, 1.82) is 0 Å². The number of hydrogen-bond donors (Lipinski definition) is 0. The van der Waals surface area contributed by atoms with Crippen LogP contribution in [0.3, 0.4) is 0 Å². The monoisotopic (exact) mass is 210 g/mol. The third kappa shape index (κ3) is 3.30. The molecule has 0 aromatic carbocycles. The molecule has 2 rings (SSSR count). The van der Waals surface area contributed by atoms with E-state index in [1.807, 2.05) is 0 Å². The molecule has 0 aromatic heterocycles. The summed E-state index contributed by atoms with van der Waals surface area (Å²) in [5, 5.41) is 0. The van der Waals surface area contributed by atoms with Gasteiger partial charge in [-0.05, 0) is 32.1 Å². The maximum atomic E-state index is 11.4. The molecular weight excluding hydrogens is 188 g/mol. The van der Waals surface area contributed by atoms with Gasteiger partial charge in [-0.25, -0.2) is 0 Å². The zero-order valence-corrected chi connectivity index (χ0v) is 9.54. The molecule has 0 spiro atoms. The lowest BCUT2D eigenvalue weighted by Gasteiger charge is -2.22. The minimum atomic E-state index is 0.327. The molecule has 2 nitrogen and oxygen atoms in total. The van der Waals surface area contributed by atoms with Gasteiger partial charge in [-0.1, -0.05) is 19.3 Å². The standard InChI is InChI=1S/C13H22O2/c14-13-8-4-5-11(13)9-10-15-12-6-2-1-3-7-12/h11-12H,1-10H2. The molecule has 2 heteroatoms. The molecule has 0 N–H and O–H groups in total. The highest BCUT2D eigenvalue weighted by atomic mass is 16.5. The van der Waals surface area contributed by atoms with Crippen molar-refractivity contribution in [3.63, 3.8) is 0 Å². The van der Waals surface area contributed by atoms with E-state index in [2.05, 4.69) is 0 Å². The molecule has 2 aliphatic rings. The van der Waals surface area contributed by atoms with Gasteiger partial charge in [0.2, 0.25) is 0 Å². The maximum absolute atomic E-state index is 11.4. The van der Waals surface area contributed by atoms with Crippen LogP contribution >= 0.6 is 0 Å². The van der Waals surface area contributed by atoms with E-state index < -0.39 is 0 Å². The van der Waals surface area contributed by atoms with Gasteiger partial charge in [0.25, 0.3) is 0 Å². The van der Waals surface area contributed by atoms with Gasteiger partial charge in [0.05, 0.1) is 6.10 Å². The number of ether oxygens (including phenoxy) is 1. The van der Waals surface area contributed by atoms with Gasteiger partial charge < -0.3 is 4.74 Å². The zero-order chi connectivity index (χ0) is 10.5. The molecule has 1 atom stereocenters. The molecule has 15 heavy (non-hydrogen) atoms. The smallest absolute Gasteiger partial charge is 0.136 e. The Morgan fingerprint density at radius 2 is 1.87 bits per heavy atom. The summed E-state index contributed by atoms with van der Waals surface area (Å²) in [6.45, 7) is 0.807. The lowest BCUT2D eigenvalue weighted by atomic mass is 9.97. The summed E-state index contributed by atoms with van der Waals surface area (Å²) in [5.74, 6) is 0.802. The van der Waals surface area contributed by atoms with E-state index in [0.29, 0.717) is 17.8 Å². The van der Waals surface area contributed by atoms with E-state index in [0.717, 1.165) is 32.3 Å². The van der Waals surface area contributed by atoms with E-state index >= 15 is 0 Å². The van der Waals surface area contributed by atoms with Crippen LogP contribution in [0.5, 0.6) is 0 Å². The highest BCUT2D eigenvalue weighted by molar-refractivity contribution is 5.82. The number of rotatable bonds is 4. The van der Waals surface area contributed by atoms with E-state index in [1.165, 1.54) is 32.1 Å². The maximum Gasteiger partial charge on any atom is 0.136 e. The van der Waals surface area contributed by atoms with Gasteiger partial charge in [-0.3, -0.25) is 4.79 Å². The van der Waals surface area contributed by atoms with Gasteiger partial charge in [0.15, 0.2) is 0 Å². The predicted molar refractivity (Wildman–Crippen MR) is 59.8 cm³/mol. The van der Waals surface area contributed by atoms with Crippen LogP contribution in [0.1, 0.15) is 57.8 Å². The number of Topliss-reactive ketones (excluding diaryl/α,β-unsaturated/α-hetero) is 1. The van der Waals surface area contributed by atoms with Gasteiger partial charge in [0.1, 0.15) is 5.78 Å². The average molecular weight is 210 g/mol. The Morgan fingerprint density at radius 1 is 1.07 bits per heavy atom. The van der Waals surface area contributed by atoms with Crippen LogP contribution in [0.25, 0.3) is 0 Å². The Bertz CT molecular complexity index is 207. The van der Waals surface area contributed by atoms with Crippen LogP contribution < -0.4 is 0 Å². The molecular formula is C13H22O2. The first-order chi connectivity index (χ1) is 7.36. The molecule has 2 saturated carbocycles. The van der Waals surface area contributed by atoms with E-state index in [-0.39, 0.29) is 0 Å². The van der Waals surface area contributed by atoms with Crippen LogP contribution in [0.4, 0.5) is 0 Å². The second-order valence-electron chi connectivity index (χ2n) is 4.97. The summed E-state index contributed by atoms with van der Waals surface area (Å²) in [4.78, 5) is 11.4. The van der Waals surface area contributed by atoms with Gasteiger partial charge in [-0.2, -0.15) is 0 Å². The fourth-order valence-corrected chi connectivity index (χ4v) is 2.80. The van der Waals surface area contributed by atoms with Crippen LogP contribution in [0, 0.1) is 5.92 Å². The van der Waals surface area contributed by atoms with Crippen molar-refractivity contribution in [2.75, 3.05) is 6.61 Å². The second-order valence-corrected chi connectivity index (χ2v) is 4.97. The lowest BCUT2D eigenvalue weighted by molar-refractivity contribution is -0.121. The Balaban J connectivity index is 1.59. The summed E-state index contributed by atoms with van der Waals surface area (Å²) in [5.41, 5.74) is 0. The van der Waals surface area contributed by atoms with E-state index in [4.69, 9.17) is 4.74 Å². The first-order valence-electron chi connectivity index (χ1n) is 6.50. The summed E-state index contributed by atoms with van der Waals surface area (Å²) in [7, 11) is 0. The fourth-order valence-electron chi connectivity index (χ4n) is 2.80. The molecule has 2 fully saturated rings. The molecule has 2 aliphatic carbocycles. The predicted octanol–water partition coefficient (Wildman–Crippen LogP) is 3.10. The average Bonchev–Trinajstić information content (AvgIpc) is 2.66. The van der Waals surface area contributed by atoms with Gasteiger partial charge in [-0.15, -0.1) is 0 Å². The number of carbonyl (C=O) groups excluding carboxylic acids is 1. The zero-order valence-electron chi connectivity index (χ0n) is 9.54.